The van der Waals surface area contributed by atoms with E-state index in [9.17, 15) is 15.1 Å². The van der Waals surface area contributed by atoms with Crippen LogP contribution < -0.4 is 0 Å². The molecule has 1 aliphatic rings. The molecule has 1 heterocycles. The lowest BCUT2D eigenvalue weighted by Crippen LogP contribution is -1.92. The van der Waals surface area contributed by atoms with Crippen LogP contribution in [0.1, 0.15) is 49.5 Å². The summed E-state index contributed by atoms with van der Waals surface area (Å²) in [5, 5.41) is -4.01. The highest BCUT2D eigenvalue weighted by Gasteiger charge is 2.22. The largest absolute Gasteiger partial charge is 0.456 e. The van der Waals surface area contributed by atoms with Crippen LogP contribution in [0.4, 0.5) is 0 Å². The first-order chi connectivity index (χ1) is 34.4. The molecule has 1 aliphatic carbocycles. The monoisotopic (exact) mass is 612 g/mol. The van der Waals surface area contributed by atoms with E-state index in [0.29, 0.717) is 0 Å². The molecule has 0 unspecified atom stereocenters. The molecule has 0 saturated heterocycles. The average Bonchev–Trinajstić information content (AvgIpc) is 3.88. The molecule has 46 heavy (non-hydrogen) atoms. The molecule has 0 fully saturated rings. The summed E-state index contributed by atoms with van der Waals surface area (Å²) in [7, 11) is 0. The van der Waals surface area contributed by atoms with E-state index in [1.165, 1.54) is 0 Å². The third kappa shape index (κ3) is 3.69. The Balaban J connectivity index is 1.49. The van der Waals surface area contributed by atoms with Gasteiger partial charge in [0.1, 0.15) is 11.2 Å². The van der Waals surface area contributed by atoms with E-state index in [1.807, 2.05) is 0 Å². The molecule has 9 aromatic rings. The van der Waals surface area contributed by atoms with Gasteiger partial charge in [-0.15, -0.1) is 0 Å². The van der Waals surface area contributed by atoms with Crippen molar-refractivity contribution in [3.63, 3.8) is 0 Å². The molecule has 1 heteroatoms. The third-order valence-corrected chi connectivity index (χ3v) is 7.70. The van der Waals surface area contributed by atoms with Crippen molar-refractivity contribution in [2.24, 2.45) is 0 Å². The van der Waals surface area contributed by atoms with Crippen molar-refractivity contribution in [1.82, 2.24) is 0 Å². The molecule has 0 spiro atoms. The summed E-state index contributed by atoms with van der Waals surface area (Å²) in [5.74, 6) is 0. The molecule has 0 bridgehead atoms. The fourth-order valence-electron chi connectivity index (χ4n) is 5.80. The van der Waals surface area contributed by atoms with E-state index in [4.69, 9.17) is 27.7 Å². The topological polar surface area (TPSA) is 13.1 Å². The maximum atomic E-state index is 9.96. The van der Waals surface area contributed by atoms with E-state index < -0.39 is 263 Å². The zero-order valence-electron chi connectivity index (χ0n) is 50.9. The Kier molecular flexibility index (Phi) is 2.19. The average molecular weight is 613 g/mol. The van der Waals surface area contributed by atoms with Crippen LogP contribution in [-0.2, 0) is 6.37 Å². The summed E-state index contributed by atoms with van der Waals surface area (Å²) in [6.45, 7) is 0. The molecule has 0 aliphatic heterocycles. The first kappa shape index (κ1) is 10.3. The van der Waals surface area contributed by atoms with Crippen molar-refractivity contribution in [2.75, 3.05) is 0 Å². The molecule has 0 N–H and O–H groups in total. The molecular formula is C45H28O. The van der Waals surface area contributed by atoms with Crippen LogP contribution in [-0.4, -0.2) is 0 Å². The highest BCUT2D eigenvalue weighted by molar-refractivity contribution is 6.22. The standard InChI is InChI=1S/C45H28O/c1-2-15-33-28(11-1)25-30-14-10-21-34(43(30)33)29-12-9-13-31(26-29)44-36-17-3-5-19-38(36)45(39-20-6-4-18-37(39)44)32-23-24-42-40(27-32)35-16-7-8-22-41(35)46-42/h1-24,26-27H,25H2/i1D,2D,3D,4D,5D,6D,7D,8D,9D,10D,11D,12D,13D,14D,15D,16D,17D,18D,19D,20D,21D,22D,23D,24D,25D2,26D,27D. The van der Waals surface area contributed by atoms with Crippen LogP contribution >= 0.6 is 0 Å². The lowest BCUT2D eigenvalue weighted by molar-refractivity contribution is 0.669. The van der Waals surface area contributed by atoms with Gasteiger partial charge in [-0.2, -0.15) is 0 Å². The normalized spacial score (nSPS) is 21.9. The van der Waals surface area contributed by atoms with Gasteiger partial charge in [-0.05, 0) is 108 Å². The second kappa shape index (κ2) is 9.79. The van der Waals surface area contributed by atoms with Gasteiger partial charge >= 0.3 is 0 Å². The molecule has 1 aromatic heterocycles. The van der Waals surface area contributed by atoms with Gasteiger partial charge < -0.3 is 4.42 Å². The first-order valence-corrected chi connectivity index (χ1v) is 13.7. The summed E-state index contributed by atoms with van der Waals surface area (Å²) in [6.07, 6.45) is -3.00. The molecule has 8 aromatic carbocycles. The highest BCUT2D eigenvalue weighted by Crippen LogP contribution is 2.47. The highest BCUT2D eigenvalue weighted by atomic mass is 16.3. The van der Waals surface area contributed by atoms with E-state index in [-0.39, 0.29) is 0 Å². The minimum absolute atomic E-state index is 0.440. The Morgan fingerprint density at radius 2 is 0.935 bits per heavy atom. The van der Waals surface area contributed by atoms with E-state index in [2.05, 4.69) is 0 Å². The molecule has 214 valence electrons. The Labute approximate surface area is 306 Å². The summed E-state index contributed by atoms with van der Waals surface area (Å²) < 4.78 is 259. The molecule has 0 radical (unpaired) electrons. The van der Waals surface area contributed by atoms with Gasteiger partial charge in [-0.25, -0.2) is 0 Å². The second-order valence-corrected chi connectivity index (χ2v) is 10.1. The van der Waals surface area contributed by atoms with Crippen LogP contribution in [0.15, 0.2) is 162 Å². The fourth-order valence-corrected chi connectivity index (χ4v) is 5.80. The summed E-state index contributed by atoms with van der Waals surface area (Å²) in [4.78, 5) is 0. The van der Waals surface area contributed by atoms with Gasteiger partial charge in [-0.1, -0.05) is 133 Å². The number of hydrogen-bond donors (Lipinski definition) is 0. The summed E-state index contributed by atoms with van der Waals surface area (Å²) >= 11 is 0. The van der Waals surface area contributed by atoms with Crippen LogP contribution in [0.3, 0.4) is 0 Å². The van der Waals surface area contributed by atoms with Crippen LogP contribution in [0.2, 0.25) is 0 Å². The van der Waals surface area contributed by atoms with Crippen molar-refractivity contribution in [3.8, 4) is 44.5 Å². The zero-order valence-corrected chi connectivity index (χ0v) is 22.9. The minimum Gasteiger partial charge on any atom is -0.456 e. The van der Waals surface area contributed by atoms with Crippen molar-refractivity contribution in [3.05, 3.63) is 168 Å². The lowest BCUT2D eigenvalue weighted by atomic mass is 9.85. The van der Waals surface area contributed by atoms with Crippen molar-refractivity contribution >= 4 is 43.5 Å². The first-order valence-electron chi connectivity index (χ1n) is 27.7. The number of benzene rings is 8. The quantitative estimate of drug-likeness (QED) is 0.181. The Morgan fingerprint density at radius 1 is 0.391 bits per heavy atom. The zero-order chi connectivity index (χ0) is 54.6. The molecule has 1 nitrogen and oxygen atoms in total. The second-order valence-electron chi connectivity index (χ2n) is 10.1. The van der Waals surface area contributed by atoms with Gasteiger partial charge in [0.15, 0.2) is 0 Å². The number of hydrogen-bond acceptors (Lipinski definition) is 1. The number of fused-ring (bicyclic) bond motifs is 8. The van der Waals surface area contributed by atoms with Crippen LogP contribution in [0, 0.1) is 0 Å². The van der Waals surface area contributed by atoms with E-state index in [1.54, 1.807) is 0 Å². The Hall–Kier alpha value is -5.92. The van der Waals surface area contributed by atoms with Gasteiger partial charge in [-0.3, -0.25) is 0 Å². The molecule has 0 saturated carbocycles. The van der Waals surface area contributed by atoms with Gasteiger partial charge in [0.05, 0.1) is 35.6 Å². The summed E-state index contributed by atoms with van der Waals surface area (Å²) in [6, 6.07) is -24.8. The fraction of sp³-hybridized carbons (Fsp3) is 0.0222. The van der Waals surface area contributed by atoms with Gasteiger partial charge in [0.2, 0.25) is 0 Å². The Bertz CT molecular complexity index is 4150. The predicted octanol–water partition coefficient (Wildman–Crippen LogP) is 12.5. The smallest absolute Gasteiger partial charge is 0.135 e. The molecule has 0 atom stereocenters. The SMILES string of the molecule is [2H]c1c([2H])c(-c2c([2H])c([2H])c([2H])c3c2-c2c([2H])c([2H])c([2H])c([2H])c2C3([2H])[2H])c([2H])c(-c2c3c([2H])c([2H])c([2H])c([2H])c3c(-c3c([2H])c([2H])c4oc5c([2H])c([2H])c([2H])c([2H])c5c4c3[2H])c3c([2H])c([2H])c([2H])c([2H])c23)c1[2H]. The molecule has 10 rings (SSSR count). The van der Waals surface area contributed by atoms with Gasteiger partial charge in [0, 0.05) is 13.5 Å². The molecule has 0 amide bonds. The third-order valence-electron chi connectivity index (χ3n) is 7.70. The van der Waals surface area contributed by atoms with Gasteiger partial charge in [0.25, 0.3) is 0 Å². The van der Waals surface area contributed by atoms with E-state index >= 15 is 0 Å². The van der Waals surface area contributed by atoms with E-state index in [0.717, 1.165) is 0 Å². The van der Waals surface area contributed by atoms with Crippen LogP contribution in [0.5, 0.6) is 0 Å². The Morgan fingerprint density at radius 3 is 1.70 bits per heavy atom. The number of furan rings is 1. The maximum absolute atomic E-state index is 9.96. The minimum atomic E-state index is -3.00. The number of rotatable bonds is 3. The predicted molar refractivity (Wildman–Crippen MR) is 193 cm³/mol. The van der Waals surface area contributed by atoms with Crippen molar-refractivity contribution in [2.45, 2.75) is 6.37 Å². The lowest BCUT2D eigenvalue weighted by Gasteiger charge is -2.18. The summed E-state index contributed by atoms with van der Waals surface area (Å²) in [5.41, 5.74) is -8.78. The molecular weight excluding hydrogens is 556 g/mol. The van der Waals surface area contributed by atoms with Crippen molar-refractivity contribution < 1.29 is 42.8 Å². The number of para-hydroxylation sites is 1. The van der Waals surface area contributed by atoms with Crippen LogP contribution in [0.25, 0.3) is 88.0 Å². The van der Waals surface area contributed by atoms with Crippen molar-refractivity contribution in [1.29, 1.82) is 0 Å². The maximum Gasteiger partial charge on any atom is 0.135 e.